The standard InChI is InChI=1S/C10H7F4N3O2S/c11-8-2-1-6(3-7(8)10(12,13)14)17-20(18,19)9-4-15-5-16-9/h1-5,17H,(H,15,16). The molecule has 0 saturated carbocycles. The molecule has 20 heavy (non-hydrogen) atoms. The summed E-state index contributed by atoms with van der Waals surface area (Å²) >= 11 is 0. The van der Waals surface area contributed by atoms with Gasteiger partial charge in [-0.3, -0.25) is 4.72 Å². The molecular weight excluding hydrogens is 302 g/mol. The third-order valence-corrected chi connectivity index (χ3v) is 3.59. The SMILES string of the molecule is O=S(=O)(Nc1ccc(F)c(C(F)(F)F)c1)c1cnc[nH]1. The second kappa shape index (κ2) is 4.78. The lowest BCUT2D eigenvalue weighted by Crippen LogP contribution is -2.15. The van der Waals surface area contributed by atoms with Crippen molar-refractivity contribution in [2.24, 2.45) is 0 Å². The number of anilines is 1. The summed E-state index contributed by atoms with van der Waals surface area (Å²) in [5, 5.41) is -0.324. The van der Waals surface area contributed by atoms with Crippen LogP contribution in [0.15, 0.2) is 35.7 Å². The van der Waals surface area contributed by atoms with Gasteiger partial charge in [0.05, 0.1) is 18.1 Å². The zero-order chi connectivity index (χ0) is 15.0. The van der Waals surface area contributed by atoms with Crippen molar-refractivity contribution in [1.82, 2.24) is 9.97 Å². The smallest absolute Gasteiger partial charge is 0.334 e. The number of aromatic nitrogens is 2. The van der Waals surface area contributed by atoms with E-state index < -0.39 is 33.3 Å². The van der Waals surface area contributed by atoms with Crippen molar-refractivity contribution in [3.8, 4) is 0 Å². The summed E-state index contributed by atoms with van der Waals surface area (Å²) in [6.07, 6.45) is -2.84. The Balaban J connectivity index is 2.36. The molecule has 0 atom stereocenters. The normalized spacial score (nSPS) is 12.4. The van der Waals surface area contributed by atoms with Crippen LogP contribution in [0.3, 0.4) is 0 Å². The van der Waals surface area contributed by atoms with Gasteiger partial charge >= 0.3 is 6.18 Å². The maximum atomic E-state index is 13.1. The molecule has 2 N–H and O–H groups in total. The number of aromatic amines is 1. The maximum absolute atomic E-state index is 13.1. The largest absolute Gasteiger partial charge is 0.419 e. The first-order valence-corrected chi connectivity index (χ1v) is 6.56. The van der Waals surface area contributed by atoms with Gasteiger partial charge in [-0.05, 0) is 18.2 Å². The van der Waals surface area contributed by atoms with E-state index in [1.165, 1.54) is 0 Å². The van der Waals surface area contributed by atoms with Gasteiger partial charge in [-0.2, -0.15) is 21.6 Å². The first-order valence-electron chi connectivity index (χ1n) is 5.08. The lowest BCUT2D eigenvalue weighted by molar-refractivity contribution is -0.139. The Morgan fingerprint density at radius 1 is 1.25 bits per heavy atom. The number of nitrogens with zero attached hydrogens (tertiary/aromatic N) is 1. The highest BCUT2D eigenvalue weighted by atomic mass is 32.2. The van der Waals surface area contributed by atoms with Crippen LogP contribution in [0.25, 0.3) is 0 Å². The van der Waals surface area contributed by atoms with Crippen LogP contribution in [0.1, 0.15) is 5.56 Å². The monoisotopic (exact) mass is 309 g/mol. The average molecular weight is 309 g/mol. The first kappa shape index (κ1) is 14.3. The van der Waals surface area contributed by atoms with E-state index in [1.807, 2.05) is 4.72 Å². The van der Waals surface area contributed by atoms with Gasteiger partial charge in [0, 0.05) is 5.69 Å². The molecule has 0 spiro atoms. The fourth-order valence-electron chi connectivity index (χ4n) is 1.41. The molecule has 1 heterocycles. The topological polar surface area (TPSA) is 74.8 Å². The van der Waals surface area contributed by atoms with Crippen molar-refractivity contribution >= 4 is 15.7 Å². The number of sulfonamides is 1. The second-order valence-electron chi connectivity index (χ2n) is 3.71. The van der Waals surface area contributed by atoms with Crippen LogP contribution in [0.5, 0.6) is 0 Å². The Kier molecular flexibility index (Phi) is 3.42. The van der Waals surface area contributed by atoms with Gasteiger partial charge < -0.3 is 4.98 Å². The number of halogens is 4. The highest BCUT2D eigenvalue weighted by molar-refractivity contribution is 7.92. The van der Waals surface area contributed by atoms with Crippen molar-refractivity contribution in [2.45, 2.75) is 11.2 Å². The molecule has 0 bridgehead atoms. The Morgan fingerprint density at radius 3 is 2.50 bits per heavy atom. The van der Waals surface area contributed by atoms with E-state index in [4.69, 9.17) is 0 Å². The highest BCUT2D eigenvalue weighted by Crippen LogP contribution is 2.33. The van der Waals surface area contributed by atoms with Crippen LogP contribution in [-0.4, -0.2) is 18.4 Å². The summed E-state index contributed by atoms with van der Waals surface area (Å²) in [5.74, 6) is -1.48. The number of nitrogens with one attached hydrogen (secondary N) is 2. The molecule has 0 aliphatic carbocycles. The summed E-state index contributed by atoms with van der Waals surface area (Å²) in [5.41, 5.74) is -1.96. The first-order chi connectivity index (χ1) is 9.20. The maximum Gasteiger partial charge on any atom is 0.419 e. The average Bonchev–Trinajstić information content (AvgIpc) is 2.84. The van der Waals surface area contributed by atoms with Crippen molar-refractivity contribution in [1.29, 1.82) is 0 Å². The molecule has 0 aliphatic rings. The van der Waals surface area contributed by atoms with Gasteiger partial charge in [-0.25, -0.2) is 9.37 Å². The van der Waals surface area contributed by atoms with E-state index >= 15 is 0 Å². The van der Waals surface area contributed by atoms with E-state index in [1.54, 1.807) is 0 Å². The zero-order valence-electron chi connectivity index (χ0n) is 9.57. The van der Waals surface area contributed by atoms with Crippen LogP contribution in [0.4, 0.5) is 23.2 Å². The van der Waals surface area contributed by atoms with Crippen LogP contribution < -0.4 is 4.72 Å². The molecule has 0 aliphatic heterocycles. The summed E-state index contributed by atoms with van der Waals surface area (Å²) in [6.45, 7) is 0. The summed E-state index contributed by atoms with van der Waals surface area (Å²) in [6, 6.07) is 1.80. The summed E-state index contributed by atoms with van der Waals surface area (Å²) < 4.78 is 76.0. The minimum absolute atomic E-state index is 0.324. The van der Waals surface area contributed by atoms with Crippen LogP contribution in [-0.2, 0) is 16.2 Å². The quantitative estimate of drug-likeness (QED) is 0.855. The second-order valence-corrected chi connectivity index (χ2v) is 5.36. The van der Waals surface area contributed by atoms with Gasteiger partial charge in [0.15, 0.2) is 5.03 Å². The molecule has 5 nitrogen and oxygen atoms in total. The predicted octanol–water partition coefficient (Wildman–Crippen LogP) is 2.37. The van der Waals surface area contributed by atoms with Crippen LogP contribution in [0, 0.1) is 5.82 Å². The Morgan fingerprint density at radius 2 is 1.95 bits per heavy atom. The Labute approximate surface area is 110 Å². The zero-order valence-corrected chi connectivity index (χ0v) is 10.4. The molecule has 0 amide bonds. The molecule has 2 aromatic rings. The number of imidazole rings is 1. The minimum Gasteiger partial charge on any atom is -0.334 e. The van der Waals surface area contributed by atoms with Crippen molar-refractivity contribution in [2.75, 3.05) is 4.72 Å². The van der Waals surface area contributed by atoms with E-state index in [2.05, 4.69) is 9.97 Å². The fourth-order valence-corrected chi connectivity index (χ4v) is 2.36. The highest BCUT2D eigenvalue weighted by Gasteiger charge is 2.34. The Hall–Kier alpha value is -2.10. The van der Waals surface area contributed by atoms with Gasteiger partial charge in [-0.1, -0.05) is 0 Å². The minimum atomic E-state index is -4.92. The molecule has 1 aromatic carbocycles. The number of hydrogen-bond acceptors (Lipinski definition) is 3. The van der Waals surface area contributed by atoms with Crippen molar-refractivity contribution in [3.05, 3.63) is 42.1 Å². The van der Waals surface area contributed by atoms with Crippen molar-refractivity contribution < 1.29 is 26.0 Å². The lowest BCUT2D eigenvalue weighted by atomic mass is 10.2. The van der Waals surface area contributed by atoms with E-state index in [-0.39, 0.29) is 5.03 Å². The molecule has 0 saturated heterocycles. The number of rotatable bonds is 3. The molecule has 108 valence electrons. The molecule has 2 rings (SSSR count). The fraction of sp³-hybridized carbons (Fsp3) is 0.100. The number of hydrogen-bond donors (Lipinski definition) is 2. The van der Waals surface area contributed by atoms with E-state index in [0.717, 1.165) is 18.6 Å². The Bertz CT molecular complexity index is 711. The molecule has 0 radical (unpaired) electrons. The molecule has 0 fully saturated rings. The summed E-state index contributed by atoms with van der Waals surface area (Å²) in [4.78, 5) is 5.78. The number of alkyl halides is 3. The number of H-pyrrole nitrogens is 1. The third kappa shape index (κ3) is 2.90. The van der Waals surface area contributed by atoms with E-state index in [0.29, 0.717) is 12.1 Å². The molecular formula is C10H7F4N3O2S. The van der Waals surface area contributed by atoms with Crippen LogP contribution >= 0.6 is 0 Å². The van der Waals surface area contributed by atoms with Gasteiger partial charge in [0.2, 0.25) is 0 Å². The third-order valence-electron chi connectivity index (χ3n) is 2.29. The lowest BCUT2D eigenvalue weighted by Gasteiger charge is -2.11. The summed E-state index contributed by atoms with van der Waals surface area (Å²) in [7, 11) is -4.10. The van der Waals surface area contributed by atoms with Gasteiger partial charge in [-0.15, -0.1) is 0 Å². The van der Waals surface area contributed by atoms with Crippen LogP contribution in [0.2, 0.25) is 0 Å². The van der Waals surface area contributed by atoms with Crippen molar-refractivity contribution in [3.63, 3.8) is 0 Å². The number of benzene rings is 1. The molecule has 1 aromatic heterocycles. The molecule has 0 unspecified atom stereocenters. The molecule has 10 heteroatoms. The van der Waals surface area contributed by atoms with E-state index in [9.17, 15) is 26.0 Å². The van der Waals surface area contributed by atoms with Gasteiger partial charge in [0.1, 0.15) is 5.82 Å². The predicted molar refractivity (Wildman–Crippen MR) is 60.8 cm³/mol. The van der Waals surface area contributed by atoms with Gasteiger partial charge in [0.25, 0.3) is 10.0 Å².